The van der Waals surface area contributed by atoms with E-state index in [1.54, 1.807) is 60.7 Å². The van der Waals surface area contributed by atoms with Crippen LogP contribution in [0.25, 0.3) is 10.9 Å². The minimum Gasteiger partial charge on any atom is -0.480 e. The predicted octanol–water partition coefficient (Wildman–Crippen LogP) is 2.49. The molecule has 1 aromatic heterocycles. The Hall–Kier alpha value is -3.92. The van der Waals surface area contributed by atoms with Crippen LogP contribution in [0.4, 0.5) is 0 Å². The number of nitrogens with one attached hydrogen (secondary N) is 1. The Balaban J connectivity index is 1.48. The van der Waals surface area contributed by atoms with Gasteiger partial charge in [-0.05, 0) is 35.4 Å². The summed E-state index contributed by atoms with van der Waals surface area (Å²) >= 11 is 5.99. The first-order chi connectivity index (χ1) is 18.1. The van der Waals surface area contributed by atoms with E-state index in [4.69, 9.17) is 16.9 Å². The summed E-state index contributed by atoms with van der Waals surface area (Å²) in [4.78, 5) is 29.1. The number of carboxylic acid groups (broad SMARTS) is 1. The molecule has 1 atom stereocenters. The number of benzene rings is 2. The first-order valence-electron chi connectivity index (χ1n) is 11.6. The van der Waals surface area contributed by atoms with E-state index in [1.807, 2.05) is 0 Å². The topological polar surface area (TPSA) is 150 Å². The Kier molecular flexibility index (Phi) is 8.01. The quantitative estimate of drug-likeness (QED) is 0.303. The van der Waals surface area contributed by atoms with Gasteiger partial charge in [0.05, 0.1) is 25.2 Å². The highest BCUT2D eigenvalue weighted by atomic mass is 35.5. The maximum absolute atomic E-state index is 13.3. The zero-order valence-electron chi connectivity index (χ0n) is 20.4. The number of carbonyl (C=O) groups excluding carboxylic acids is 1. The third-order valence-electron chi connectivity index (χ3n) is 6.13. The summed E-state index contributed by atoms with van der Waals surface area (Å²) in [6.45, 7) is -0.366. The van der Waals surface area contributed by atoms with Crippen LogP contribution >= 0.6 is 11.6 Å². The number of aliphatic carboxylic acids is 1. The van der Waals surface area contributed by atoms with E-state index in [-0.39, 0.29) is 18.1 Å². The Morgan fingerprint density at radius 3 is 2.71 bits per heavy atom. The van der Waals surface area contributed by atoms with Gasteiger partial charge >= 0.3 is 5.97 Å². The van der Waals surface area contributed by atoms with Gasteiger partial charge < -0.3 is 15.0 Å². The predicted molar refractivity (Wildman–Crippen MR) is 141 cm³/mol. The molecule has 3 aromatic rings. The van der Waals surface area contributed by atoms with Crippen molar-refractivity contribution in [3.63, 3.8) is 0 Å². The maximum Gasteiger partial charge on any atom is 0.327 e. The summed E-state index contributed by atoms with van der Waals surface area (Å²) in [5.41, 5.74) is 2.02. The van der Waals surface area contributed by atoms with Crippen molar-refractivity contribution >= 4 is 50.6 Å². The zero-order chi connectivity index (χ0) is 27.4. The van der Waals surface area contributed by atoms with Crippen molar-refractivity contribution in [2.45, 2.75) is 24.0 Å². The van der Waals surface area contributed by atoms with Gasteiger partial charge in [-0.3, -0.25) is 9.80 Å². The lowest BCUT2D eigenvalue weighted by molar-refractivity contribution is -0.154. The third kappa shape index (κ3) is 5.96. The number of aromatic amines is 1. The molecule has 13 heteroatoms. The monoisotopic (exact) mass is 556 g/mol. The highest BCUT2D eigenvalue weighted by molar-refractivity contribution is 7.89. The van der Waals surface area contributed by atoms with Crippen LogP contribution in [-0.4, -0.2) is 83.5 Å². The molecule has 1 saturated heterocycles. The Bertz CT molecular complexity index is 1530. The van der Waals surface area contributed by atoms with E-state index >= 15 is 0 Å². The molecule has 1 amide bonds. The van der Waals surface area contributed by atoms with E-state index in [0.29, 0.717) is 34.5 Å². The van der Waals surface area contributed by atoms with Crippen LogP contribution in [0, 0.1) is 11.3 Å². The average molecular weight is 557 g/mol. The number of hydrazone groups is 1. The first-order valence-corrected chi connectivity index (χ1v) is 13.4. The lowest BCUT2D eigenvalue weighted by Gasteiger charge is -2.38. The second-order valence-corrected chi connectivity index (χ2v) is 11.2. The fourth-order valence-electron chi connectivity index (χ4n) is 4.06. The van der Waals surface area contributed by atoms with Gasteiger partial charge in [0.1, 0.15) is 11.1 Å². The van der Waals surface area contributed by atoms with Crippen molar-refractivity contribution in [3.05, 3.63) is 64.7 Å². The van der Waals surface area contributed by atoms with Crippen LogP contribution in [0.1, 0.15) is 17.5 Å². The molecule has 4 rings (SSSR count). The minimum absolute atomic E-state index is 0.00801. The second-order valence-electron chi connectivity index (χ2n) is 8.81. The number of aromatic nitrogens is 1. The van der Waals surface area contributed by atoms with E-state index in [2.05, 4.69) is 16.2 Å². The maximum atomic E-state index is 13.3. The zero-order valence-corrected chi connectivity index (χ0v) is 22.0. The molecule has 1 aliphatic heterocycles. The van der Waals surface area contributed by atoms with Crippen molar-refractivity contribution < 1.29 is 23.1 Å². The Morgan fingerprint density at radius 2 is 2.03 bits per heavy atom. The average Bonchev–Trinajstić information content (AvgIpc) is 3.32. The van der Waals surface area contributed by atoms with Gasteiger partial charge in [0.25, 0.3) is 10.0 Å². The molecular weight excluding hydrogens is 532 g/mol. The van der Waals surface area contributed by atoms with Crippen molar-refractivity contribution in [2.75, 3.05) is 26.7 Å². The number of rotatable bonds is 9. The fourth-order valence-corrected chi connectivity index (χ4v) is 5.65. The van der Waals surface area contributed by atoms with Crippen LogP contribution in [0.15, 0.2) is 58.7 Å². The number of sulfonamides is 1. The third-order valence-corrected chi connectivity index (χ3v) is 8.10. The summed E-state index contributed by atoms with van der Waals surface area (Å²) in [7, 11) is -2.41. The number of nitrogens with zero attached hydrogens (tertiary/aromatic N) is 5. The van der Waals surface area contributed by atoms with Gasteiger partial charge in [0.15, 0.2) is 0 Å². The summed E-state index contributed by atoms with van der Waals surface area (Å²) in [6, 6.07) is 14.0. The summed E-state index contributed by atoms with van der Waals surface area (Å²) < 4.78 is 27.5. The molecule has 2 heterocycles. The summed E-state index contributed by atoms with van der Waals surface area (Å²) in [5.74, 6) is -1.91. The van der Waals surface area contributed by atoms with Gasteiger partial charge in [0.2, 0.25) is 5.91 Å². The molecule has 0 bridgehead atoms. The number of carbonyl (C=O) groups is 2. The number of hydrogen-bond acceptors (Lipinski definition) is 7. The Morgan fingerprint density at radius 1 is 1.29 bits per heavy atom. The van der Waals surface area contributed by atoms with Crippen molar-refractivity contribution in [3.8, 4) is 6.07 Å². The molecule has 2 N–H and O–H groups in total. The van der Waals surface area contributed by atoms with Crippen molar-refractivity contribution in [1.29, 1.82) is 5.26 Å². The van der Waals surface area contributed by atoms with Crippen LogP contribution in [0.2, 0.25) is 5.02 Å². The number of H-pyrrole nitrogens is 1. The smallest absolute Gasteiger partial charge is 0.327 e. The molecule has 0 spiro atoms. The lowest BCUT2D eigenvalue weighted by Crippen LogP contribution is -2.60. The number of hydrogen-bond donors (Lipinski definition) is 2. The molecule has 11 nitrogen and oxygen atoms in total. The van der Waals surface area contributed by atoms with E-state index in [0.717, 1.165) is 9.87 Å². The fraction of sp³-hybridized carbons (Fsp3) is 0.280. The van der Waals surface area contributed by atoms with Gasteiger partial charge in [-0.1, -0.05) is 35.9 Å². The highest BCUT2D eigenvalue weighted by Gasteiger charge is 2.42. The summed E-state index contributed by atoms with van der Waals surface area (Å²) in [6.07, 6.45) is 1.99. The summed E-state index contributed by atoms with van der Waals surface area (Å²) in [5, 5.41) is 25.3. The number of amides is 1. The van der Waals surface area contributed by atoms with Gasteiger partial charge in [-0.2, -0.15) is 14.7 Å². The molecule has 0 saturated carbocycles. The molecule has 0 radical (unpaired) electrons. The SMILES string of the molecule is CN(CCC#N)N=Cc1ccc(CN2C(=O)CN(S(=O)(=O)c3cc4cc(Cl)ccc4[nH]3)C[C@@H]2C(=O)O)cc1. The largest absolute Gasteiger partial charge is 0.480 e. The number of nitriles is 1. The molecule has 0 unspecified atom stereocenters. The molecule has 1 aliphatic rings. The minimum atomic E-state index is -4.17. The molecule has 0 aliphatic carbocycles. The number of halogens is 1. The molecule has 1 fully saturated rings. The number of carboxylic acids is 1. The van der Waals surface area contributed by atoms with Crippen molar-refractivity contribution in [2.24, 2.45) is 5.10 Å². The highest BCUT2D eigenvalue weighted by Crippen LogP contribution is 2.26. The van der Waals surface area contributed by atoms with Gasteiger partial charge in [0, 0.05) is 42.6 Å². The van der Waals surface area contributed by atoms with E-state index < -0.39 is 34.5 Å². The number of piperazine rings is 1. The Labute approximate surface area is 224 Å². The number of fused-ring (bicyclic) bond motifs is 1. The van der Waals surface area contributed by atoms with Crippen LogP contribution in [0.5, 0.6) is 0 Å². The lowest BCUT2D eigenvalue weighted by atomic mass is 10.1. The molecule has 38 heavy (non-hydrogen) atoms. The first kappa shape index (κ1) is 27.1. The standard InChI is InChI=1S/C25H25ClN6O5S/c1-30(10-2-9-27)28-13-17-3-5-18(6-4-17)14-32-22(25(34)35)15-31(16-24(32)33)38(36,37)23-12-19-11-20(26)7-8-21(19)29-23/h3-8,11-13,22,29H,2,10,14-16H2,1H3,(H,34,35)/t22-/m1/s1. The van der Waals surface area contributed by atoms with Crippen LogP contribution in [-0.2, 0) is 26.2 Å². The van der Waals surface area contributed by atoms with Gasteiger partial charge in [-0.15, -0.1) is 0 Å². The van der Waals surface area contributed by atoms with Crippen LogP contribution < -0.4 is 0 Å². The molecule has 198 valence electrons. The second kappa shape index (κ2) is 11.2. The molecular formula is C25H25ClN6O5S. The van der Waals surface area contributed by atoms with E-state index in [9.17, 15) is 23.1 Å². The van der Waals surface area contributed by atoms with Gasteiger partial charge in [-0.25, -0.2) is 13.2 Å². The molecule has 2 aromatic carbocycles. The normalized spacial score (nSPS) is 16.7. The van der Waals surface area contributed by atoms with Crippen molar-refractivity contribution in [1.82, 2.24) is 19.2 Å². The van der Waals surface area contributed by atoms with Crippen LogP contribution in [0.3, 0.4) is 0 Å². The van der Waals surface area contributed by atoms with E-state index in [1.165, 1.54) is 11.0 Å².